The number of rotatable bonds is 3. The van der Waals surface area contributed by atoms with E-state index in [0.717, 1.165) is 0 Å². The molecule has 22 heavy (non-hydrogen) atoms. The molecule has 2 aromatic heterocycles. The highest BCUT2D eigenvalue weighted by Crippen LogP contribution is 2.32. The van der Waals surface area contributed by atoms with Gasteiger partial charge in [-0.3, -0.25) is 0 Å². The van der Waals surface area contributed by atoms with Gasteiger partial charge in [0.1, 0.15) is 17.4 Å². The maximum atomic E-state index is 14.2. The van der Waals surface area contributed by atoms with Gasteiger partial charge in [-0.05, 0) is 24.3 Å². The van der Waals surface area contributed by atoms with Crippen LogP contribution in [0, 0.1) is 5.82 Å². The van der Waals surface area contributed by atoms with E-state index in [1.807, 2.05) is 0 Å². The molecule has 0 saturated heterocycles. The van der Waals surface area contributed by atoms with Crippen LogP contribution >= 0.6 is 0 Å². The molecular formula is C15H14FN5O. The summed E-state index contributed by atoms with van der Waals surface area (Å²) >= 11 is 0. The zero-order valence-electron chi connectivity index (χ0n) is 12.1. The zero-order valence-corrected chi connectivity index (χ0v) is 12.1. The molecule has 3 N–H and O–H groups in total. The van der Waals surface area contributed by atoms with Gasteiger partial charge in [0.15, 0.2) is 5.65 Å². The third-order valence-electron chi connectivity index (χ3n) is 3.27. The largest absolute Gasteiger partial charge is 0.496 e. The lowest BCUT2D eigenvalue weighted by molar-refractivity contribution is 0.413. The topological polar surface area (TPSA) is 86.0 Å². The van der Waals surface area contributed by atoms with Crippen molar-refractivity contribution in [2.24, 2.45) is 0 Å². The molecular weight excluding hydrogens is 285 g/mol. The third-order valence-corrected chi connectivity index (χ3v) is 3.27. The first-order chi connectivity index (χ1) is 10.6. The molecule has 0 aliphatic heterocycles. The van der Waals surface area contributed by atoms with E-state index in [-0.39, 0.29) is 11.5 Å². The summed E-state index contributed by atoms with van der Waals surface area (Å²) in [6.07, 6.45) is 0. The maximum absolute atomic E-state index is 14.2. The second-order valence-corrected chi connectivity index (χ2v) is 4.57. The normalized spacial score (nSPS) is 10.7. The van der Waals surface area contributed by atoms with Crippen LogP contribution in [0.2, 0.25) is 0 Å². The molecule has 0 atom stereocenters. The van der Waals surface area contributed by atoms with Crippen LogP contribution in [0.25, 0.3) is 22.3 Å². The first-order valence-electron chi connectivity index (χ1n) is 6.59. The van der Waals surface area contributed by atoms with Crippen LogP contribution in [0.3, 0.4) is 0 Å². The van der Waals surface area contributed by atoms with Gasteiger partial charge in [0.2, 0.25) is 5.95 Å². The Balaban J connectivity index is 2.26. The number of hydrogen-bond donors (Lipinski definition) is 2. The van der Waals surface area contributed by atoms with E-state index < -0.39 is 5.82 Å². The molecule has 0 aliphatic rings. The van der Waals surface area contributed by atoms with E-state index in [1.165, 1.54) is 13.2 Å². The molecule has 0 fully saturated rings. The lowest BCUT2D eigenvalue weighted by Crippen LogP contribution is -2.03. The van der Waals surface area contributed by atoms with Crippen LogP contribution in [0.4, 0.5) is 16.2 Å². The predicted octanol–water partition coefficient (Wildman–Crippen LogP) is 2.46. The molecule has 0 amide bonds. The lowest BCUT2D eigenvalue weighted by atomic mass is 10.1. The first kappa shape index (κ1) is 14.0. The summed E-state index contributed by atoms with van der Waals surface area (Å²) in [5, 5.41) is 3.64. The van der Waals surface area contributed by atoms with Crippen LogP contribution in [-0.4, -0.2) is 29.1 Å². The van der Waals surface area contributed by atoms with Crippen LogP contribution in [-0.2, 0) is 0 Å². The highest BCUT2D eigenvalue weighted by Gasteiger charge is 2.15. The minimum absolute atomic E-state index is 0.0991. The molecule has 3 aromatic rings. The summed E-state index contributed by atoms with van der Waals surface area (Å²) in [6.45, 7) is 0. The van der Waals surface area contributed by atoms with Crippen molar-refractivity contribution in [3.8, 4) is 17.0 Å². The van der Waals surface area contributed by atoms with Crippen molar-refractivity contribution >= 4 is 22.8 Å². The van der Waals surface area contributed by atoms with Crippen molar-refractivity contribution < 1.29 is 9.13 Å². The van der Waals surface area contributed by atoms with Crippen molar-refractivity contribution in [3.63, 3.8) is 0 Å². The fourth-order valence-corrected chi connectivity index (χ4v) is 2.28. The Bertz CT molecular complexity index is 853. The number of anilines is 2. The van der Waals surface area contributed by atoms with Crippen molar-refractivity contribution in [3.05, 3.63) is 36.1 Å². The fraction of sp³-hybridized carbons (Fsp3) is 0.133. The molecule has 112 valence electrons. The first-order valence-corrected chi connectivity index (χ1v) is 6.59. The monoisotopic (exact) mass is 299 g/mol. The fourth-order valence-electron chi connectivity index (χ4n) is 2.28. The second-order valence-electron chi connectivity index (χ2n) is 4.57. The molecule has 0 unspecified atom stereocenters. The Kier molecular flexibility index (Phi) is 3.46. The average Bonchev–Trinajstić information content (AvgIpc) is 2.53. The Morgan fingerprint density at radius 3 is 2.68 bits per heavy atom. The quantitative estimate of drug-likeness (QED) is 0.772. The van der Waals surface area contributed by atoms with Gasteiger partial charge in [-0.15, -0.1) is 0 Å². The van der Waals surface area contributed by atoms with Gasteiger partial charge < -0.3 is 15.8 Å². The van der Waals surface area contributed by atoms with Gasteiger partial charge in [0.05, 0.1) is 23.8 Å². The maximum Gasteiger partial charge on any atom is 0.224 e. The van der Waals surface area contributed by atoms with Crippen molar-refractivity contribution in [1.29, 1.82) is 0 Å². The Morgan fingerprint density at radius 1 is 1.14 bits per heavy atom. The summed E-state index contributed by atoms with van der Waals surface area (Å²) in [5.41, 5.74) is 6.77. The van der Waals surface area contributed by atoms with Gasteiger partial charge in [-0.25, -0.2) is 9.37 Å². The number of methoxy groups -OCH3 is 1. The van der Waals surface area contributed by atoms with Crippen molar-refractivity contribution in [1.82, 2.24) is 15.0 Å². The summed E-state index contributed by atoms with van der Waals surface area (Å²) in [6, 6.07) is 8.09. The van der Waals surface area contributed by atoms with Gasteiger partial charge in [-0.2, -0.15) is 9.97 Å². The number of aromatic nitrogens is 3. The number of nitrogen functional groups attached to an aromatic ring is 1. The summed E-state index contributed by atoms with van der Waals surface area (Å²) in [4.78, 5) is 12.6. The van der Waals surface area contributed by atoms with Crippen molar-refractivity contribution in [2.75, 3.05) is 25.2 Å². The number of nitrogens with zero attached hydrogens (tertiary/aromatic N) is 3. The van der Waals surface area contributed by atoms with Gasteiger partial charge in [0, 0.05) is 7.05 Å². The highest BCUT2D eigenvalue weighted by molar-refractivity contribution is 5.89. The minimum atomic E-state index is -0.415. The number of ether oxygens (including phenoxy) is 1. The van der Waals surface area contributed by atoms with E-state index >= 15 is 0 Å². The molecule has 2 heterocycles. The molecule has 1 aromatic carbocycles. The number of fused-ring (bicyclic) bond motifs is 1. The number of benzene rings is 1. The molecule has 0 aliphatic carbocycles. The van der Waals surface area contributed by atoms with E-state index in [2.05, 4.69) is 20.3 Å². The molecule has 6 nitrogen and oxygen atoms in total. The van der Waals surface area contributed by atoms with E-state index in [4.69, 9.17) is 10.5 Å². The molecule has 0 bridgehead atoms. The van der Waals surface area contributed by atoms with Gasteiger partial charge >= 0.3 is 0 Å². The Hall–Kier alpha value is -2.96. The molecule has 0 spiro atoms. The molecule has 0 saturated carbocycles. The highest BCUT2D eigenvalue weighted by atomic mass is 19.1. The third kappa shape index (κ3) is 2.26. The number of pyridine rings is 1. The Morgan fingerprint density at radius 2 is 1.95 bits per heavy atom. The summed E-state index contributed by atoms with van der Waals surface area (Å²) in [5.74, 6) is 0.661. The van der Waals surface area contributed by atoms with E-state index in [9.17, 15) is 4.39 Å². The number of nitrogens with one attached hydrogen (secondary N) is 1. The minimum Gasteiger partial charge on any atom is -0.496 e. The molecule has 7 heteroatoms. The number of halogens is 1. The standard InChI is InChI=1S/C15H14FN5O/c1-18-13-8-6-7-10(19-14(8)21-15(17)20-13)12-9(16)4-3-5-11(12)22-2/h3-7H,1-2H3,(H3,17,18,19,20,21). The number of nitrogens with two attached hydrogens (primary N) is 1. The molecule has 0 radical (unpaired) electrons. The smallest absolute Gasteiger partial charge is 0.224 e. The van der Waals surface area contributed by atoms with Gasteiger partial charge in [-0.1, -0.05) is 6.07 Å². The summed E-state index contributed by atoms with van der Waals surface area (Å²) < 4.78 is 19.4. The average molecular weight is 299 g/mol. The van der Waals surface area contributed by atoms with Crippen LogP contribution in [0.15, 0.2) is 30.3 Å². The van der Waals surface area contributed by atoms with Crippen molar-refractivity contribution in [2.45, 2.75) is 0 Å². The van der Waals surface area contributed by atoms with Crippen LogP contribution in [0.1, 0.15) is 0 Å². The molecule has 3 rings (SSSR count). The second kappa shape index (κ2) is 5.44. The van der Waals surface area contributed by atoms with E-state index in [1.54, 1.807) is 31.3 Å². The Labute approximate surface area is 126 Å². The SMILES string of the molecule is CNc1nc(N)nc2nc(-c3c(F)cccc3OC)ccc12. The predicted molar refractivity (Wildman–Crippen MR) is 83.2 cm³/mol. The van der Waals surface area contributed by atoms with Gasteiger partial charge in [0.25, 0.3) is 0 Å². The van der Waals surface area contributed by atoms with Crippen LogP contribution < -0.4 is 15.8 Å². The van der Waals surface area contributed by atoms with E-state index in [0.29, 0.717) is 28.3 Å². The van der Waals surface area contributed by atoms with Crippen LogP contribution in [0.5, 0.6) is 5.75 Å². The number of hydrogen-bond acceptors (Lipinski definition) is 6. The summed E-state index contributed by atoms with van der Waals surface area (Å²) in [7, 11) is 3.22. The lowest BCUT2D eigenvalue weighted by Gasteiger charge is -2.10. The zero-order chi connectivity index (χ0) is 15.7.